The van der Waals surface area contributed by atoms with Crippen molar-refractivity contribution in [1.29, 1.82) is 0 Å². The minimum absolute atomic E-state index is 0.0481. The number of unbranched alkanes of at least 4 members (excludes halogenated alkanes) is 16. The molecule has 0 aromatic carbocycles. The number of carbonyl (C=O) groups excluding carboxylic acids is 2. The lowest BCUT2D eigenvalue weighted by Crippen LogP contribution is -2.29. The highest BCUT2D eigenvalue weighted by molar-refractivity contribution is 7.47. The molecule has 0 aromatic rings. The second-order valence-electron chi connectivity index (χ2n) is 13.2. The molecule has 0 radical (unpaired) electrons. The molecule has 0 fully saturated rings. The second-order valence-corrected chi connectivity index (χ2v) is 14.6. The molecule has 0 spiro atoms. The molecule has 9 nitrogen and oxygen atoms in total. The Hall–Kier alpha value is -2.03. The molecule has 51 heavy (non-hydrogen) atoms. The molecule has 296 valence electrons. The van der Waals surface area contributed by atoms with Crippen LogP contribution >= 0.6 is 7.82 Å². The van der Waals surface area contributed by atoms with E-state index in [0.29, 0.717) is 12.8 Å². The van der Waals surface area contributed by atoms with E-state index in [9.17, 15) is 19.0 Å². The van der Waals surface area contributed by atoms with E-state index in [1.807, 2.05) is 0 Å². The zero-order valence-corrected chi connectivity index (χ0v) is 33.2. The summed E-state index contributed by atoms with van der Waals surface area (Å²) in [5.41, 5.74) is 5.33. The van der Waals surface area contributed by atoms with Crippen LogP contribution in [0, 0.1) is 0 Å². The number of carbonyl (C=O) groups is 2. The van der Waals surface area contributed by atoms with Gasteiger partial charge in [-0.1, -0.05) is 146 Å². The first-order valence-corrected chi connectivity index (χ1v) is 21.6. The molecule has 0 aliphatic rings. The Kier molecular flexibility index (Phi) is 36.2. The van der Waals surface area contributed by atoms with Crippen LogP contribution in [0.25, 0.3) is 0 Å². The smallest absolute Gasteiger partial charge is 0.462 e. The summed E-state index contributed by atoms with van der Waals surface area (Å²) >= 11 is 0. The van der Waals surface area contributed by atoms with Gasteiger partial charge in [0, 0.05) is 19.4 Å². The normalized spacial score (nSPS) is 13.9. The van der Waals surface area contributed by atoms with Crippen molar-refractivity contribution in [1.82, 2.24) is 0 Å². The van der Waals surface area contributed by atoms with E-state index in [1.165, 1.54) is 70.6 Å². The van der Waals surface area contributed by atoms with E-state index in [2.05, 4.69) is 62.5 Å². The van der Waals surface area contributed by atoms with Crippen LogP contribution < -0.4 is 5.73 Å². The lowest BCUT2D eigenvalue weighted by Gasteiger charge is -2.19. The van der Waals surface area contributed by atoms with E-state index in [-0.39, 0.29) is 32.6 Å². The van der Waals surface area contributed by atoms with E-state index in [4.69, 9.17) is 24.3 Å². The second kappa shape index (κ2) is 37.7. The number of esters is 2. The maximum atomic E-state index is 12.5. The number of rotatable bonds is 37. The third-order valence-electron chi connectivity index (χ3n) is 8.22. The third-order valence-corrected chi connectivity index (χ3v) is 9.20. The molecule has 3 N–H and O–H groups in total. The van der Waals surface area contributed by atoms with Gasteiger partial charge in [-0.15, -0.1) is 0 Å². The summed E-state index contributed by atoms with van der Waals surface area (Å²) in [5, 5.41) is 0. The van der Waals surface area contributed by atoms with Crippen molar-refractivity contribution >= 4 is 19.8 Å². The van der Waals surface area contributed by atoms with Crippen LogP contribution in [0.2, 0.25) is 0 Å². The molecule has 0 aromatic heterocycles. The highest BCUT2D eigenvalue weighted by Crippen LogP contribution is 2.43. The van der Waals surface area contributed by atoms with Crippen molar-refractivity contribution < 1.29 is 37.6 Å². The highest BCUT2D eigenvalue weighted by Gasteiger charge is 2.25. The Balaban J connectivity index is 4.24. The summed E-state index contributed by atoms with van der Waals surface area (Å²) < 4.78 is 32.6. The highest BCUT2D eigenvalue weighted by atomic mass is 31.2. The van der Waals surface area contributed by atoms with Gasteiger partial charge in [0.2, 0.25) is 0 Å². The fourth-order valence-corrected chi connectivity index (χ4v) is 5.97. The lowest BCUT2D eigenvalue weighted by molar-refractivity contribution is -0.161. The van der Waals surface area contributed by atoms with Gasteiger partial charge in [-0.05, 0) is 57.8 Å². The maximum absolute atomic E-state index is 12.5. The molecular formula is C41H74NO8P. The molecule has 2 atom stereocenters. The van der Waals surface area contributed by atoms with Crippen LogP contribution in [0.3, 0.4) is 0 Å². The minimum Gasteiger partial charge on any atom is -0.462 e. The van der Waals surface area contributed by atoms with Gasteiger partial charge in [0.1, 0.15) is 6.61 Å². The van der Waals surface area contributed by atoms with E-state index >= 15 is 0 Å². The van der Waals surface area contributed by atoms with Gasteiger partial charge < -0.3 is 20.1 Å². The van der Waals surface area contributed by atoms with Crippen LogP contribution in [-0.2, 0) is 32.7 Å². The number of phosphoric acid groups is 1. The van der Waals surface area contributed by atoms with Crippen LogP contribution in [-0.4, -0.2) is 49.3 Å². The molecule has 0 bridgehead atoms. The monoisotopic (exact) mass is 740 g/mol. The Morgan fingerprint density at radius 2 is 1.02 bits per heavy atom. The standard InChI is InChI=1S/C41H74NO8P/c1-3-5-7-9-11-13-15-16-17-18-19-20-21-22-24-25-27-29-31-33-40(43)47-37-39(38-49-51(45,46)48-36-35-42)50-41(44)34-32-30-28-26-23-14-12-10-8-6-4-2/h11,13,16-17,19-20,22,24,39H,3-10,12,14-15,18,21,23,25-38,42H2,1-2H3,(H,45,46)/b13-11-,17-16-,20-19-,24-22-/t39-/m1/s1. The molecular weight excluding hydrogens is 665 g/mol. The van der Waals surface area contributed by atoms with Crippen LogP contribution in [0.1, 0.15) is 168 Å². The van der Waals surface area contributed by atoms with Crippen molar-refractivity contribution in [3.8, 4) is 0 Å². The van der Waals surface area contributed by atoms with E-state index < -0.39 is 32.5 Å². The van der Waals surface area contributed by atoms with Crippen LogP contribution in [0.4, 0.5) is 0 Å². The number of nitrogens with two attached hydrogens (primary N) is 1. The Bertz CT molecular complexity index is 981. The molecule has 0 aliphatic heterocycles. The molecule has 0 amide bonds. The SMILES string of the molecule is CCCCC/C=C\C/C=C\C/C=C\C/C=C\CCCCCC(=O)OC[C@H](COP(=O)(O)OCCN)OC(=O)CCCCCCCCCCCCC. The van der Waals surface area contributed by atoms with Crippen molar-refractivity contribution in [2.24, 2.45) is 5.73 Å². The topological polar surface area (TPSA) is 134 Å². The molecule has 0 saturated heterocycles. The molecule has 0 heterocycles. The van der Waals surface area contributed by atoms with Crippen molar-refractivity contribution in [3.63, 3.8) is 0 Å². The quantitative estimate of drug-likeness (QED) is 0.0276. The van der Waals surface area contributed by atoms with Gasteiger partial charge in [-0.3, -0.25) is 18.6 Å². The molecule has 0 saturated carbocycles. The maximum Gasteiger partial charge on any atom is 0.472 e. The first-order chi connectivity index (χ1) is 24.8. The third kappa shape index (κ3) is 37.5. The summed E-state index contributed by atoms with van der Waals surface area (Å²) in [5.74, 6) is -0.867. The van der Waals surface area contributed by atoms with Gasteiger partial charge in [0.15, 0.2) is 6.10 Å². The number of hydrogen-bond donors (Lipinski definition) is 2. The zero-order valence-electron chi connectivity index (χ0n) is 32.3. The lowest BCUT2D eigenvalue weighted by atomic mass is 10.1. The Morgan fingerprint density at radius 1 is 0.588 bits per heavy atom. The first-order valence-electron chi connectivity index (χ1n) is 20.1. The number of hydrogen-bond acceptors (Lipinski definition) is 8. The minimum atomic E-state index is -4.38. The molecule has 0 rings (SSSR count). The van der Waals surface area contributed by atoms with Crippen molar-refractivity contribution in [2.45, 2.75) is 174 Å². The van der Waals surface area contributed by atoms with Gasteiger partial charge in [-0.2, -0.15) is 0 Å². The fourth-order valence-electron chi connectivity index (χ4n) is 5.20. The first kappa shape index (κ1) is 49.0. The van der Waals surface area contributed by atoms with Crippen LogP contribution in [0.15, 0.2) is 48.6 Å². The zero-order chi connectivity index (χ0) is 37.5. The number of ether oxygens (including phenoxy) is 2. The summed E-state index contributed by atoms with van der Waals surface area (Å²) in [6.45, 7) is 3.64. The van der Waals surface area contributed by atoms with E-state index in [1.54, 1.807) is 0 Å². The van der Waals surface area contributed by atoms with Gasteiger partial charge >= 0.3 is 19.8 Å². The van der Waals surface area contributed by atoms with Gasteiger partial charge in [0.25, 0.3) is 0 Å². The number of phosphoric ester groups is 1. The Labute approximate surface area is 311 Å². The number of allylic oxidation sites excluding steroid dienone is 8. The average molecular weight is 740 g/mol. The Morgan fingerprint density at radius 3 is 1.55 bits per heavy atom. The van der Waals surface area contributed by atoms with Gasteiger partial charge in [0.05, 0.1) is 13.2 Å². The van der Waals surface area contributed by atoms with Crippen molar-refractivity contribution in [3.05, 3.63) is 48.6 Å². The van der Waals surface area contributed by atoms with Crippen LogP contribution in [0.5, 0.6) is 0 Å². The molecule has 0 aliphatic carbocycles. The summed E-state index contributed by atoms with van der Waals surface area (Å²) in [6.07, 6.45) is 41.4. The molecule has 10 heteroatoms. The predicted octanol–water partition coefficient (Wildman–Crippen LogP) is 11.2. The predicted molar refractivity (Wildman–Crippen MR) is 210 cm³/mol. The van der Waals surface area contributed by atoms with Gasteiger partial charge in [-0.25, -0.2) is 4.57 Å². The summed E-state index contributed by atoms with van der Waals surface area (Å²) in [7, 11) is -4.38. The summed E-state index contributed by atoms with van der Waals surface area (Å²) in [4.78, 5) is 34.7. The average Bonchev–Trinajstić information content (AvgIpc) is 3.11. The molecule has 1 unspecified atom stereocenters. The fraction of sp³-hybridized carbons (Fsp3) is 0.756. The van der Waals surface area contributed by atoms with Crippen molar-refractivity contribution in [2.75, 3.05) is 26.4 Å². The van der Waals surface area contributed by atoms with E-state index in [0.717, 1.165) is 57.8 Å². The largest absolute Gasteiger partial charge is 0.472 e. The summed E-state index contributed by atoms with van der Waals surface area (Å²) in [6, 6.07) is 0.